The van der Waals surface area contributed by atoms with Crippen molar-refractivity contribution < 1.29 is 14.6 Å². The first kappa shape index (κ1) is 20.0. The summed E-state index contributed by atoms with van der Waals surface area (Å²) in [6.45, 7) is 0. The van der Waals surface area contributed by atoms with Crippen LogP contribution in [0.25, 0.3) is 10.8 Å². The van der Waals surface area contributed by atoms with Gasteiger partial charge in [0, 0.05) is 16.3 Å². The molecule has 0 aliphatic heterocycles. The van der Waals surface area contributed by atoms with Gasteiger partial charge in [-0.3, -0.25) is 4.79 Å². The number of carbonyl (C=O) groups excluding carboxylic acids is 1. The van der Waals surface area contributed by atoms with E-state index in [-0.39, 0.29) is 5.91 Å². The van der Waals surface area contributed by atoms with Crippen LogP contribution in [0.4, 0.5) is 5.69 Å². The number of ether oxygens (including phenoxy) is 1. The van der Waals surface area contributed by atoms with E-state index in [1.54, 1.807) is 24.3 Å². The monoisotopic (exact) mass is 417 g/mol. The lowest BCUT2D eigenvalue weighted by Gasteiger charge is -2.18. The zero-order valence-corrected chi connectivity index (χ0v) is 17.1. The summed E-state index contributed by atoms with van der Waals surface area (Å²) in [5.74, 6) is 0.145. The molecule has 0 saturated carbocycles. The van der Waals surface area contributed by atoms with Gasteiger partial charge in [-0.15, -0.1) is 0 Å². The molecule has 0 aliphatic carbocycles. The maximum atomic E-state index is 13.1. The molecule has 0 aliphatic rings. The van der Waals surface area contributed by atoms with Crippen LogP contribution in [0.5, 0.6) is 5.75 Å². The van der Waals surface area contributed by atoms with E-state index in [2.05, 4.69) is 5.32 Å². The smallest absolute Gasteiger partial charge is 0.259 e. The molecule has 0 spiro atoms. The highest BCUT2D eigenvalue weighted by Gasteiger charge is 2.19. The highest BCUT2D eigenvalue weighted by atomic mass is 35.5. The summed E-state index contributed by atoms with van der Waals surface area (Å²) in [6.07, 6.45) is -0.932. The molecule has 4 rings (SSSR count). The van der Waals surface area contributed by atoms with E-state index in [1.165, 1.54) is 7.11 Å². The zero-order chi connectivity index (χ0) is 21.1. The van der Waals surface area contributed by atoms with Crippen molar-refractivity contribution in [1.82, 2.24) is 0 Å². The first-order chi connectivity index (χ1) is 14.6. The van der Waals surface area contributed by atoms with Crippen LogP contribution >= 0.6 is 11.6 Å². The van der Waals surface area contributed by atoms with Gasteiger partial charge in [0.25, 0.3) is 5.91 Å². The number of anilines is 1. The number of hydrogen-bond donors (Lipinski definition) is 2. The van der Waals surface area contributed by atoms with E-state index in [0.29, 0.717) is 33.1 Å². The largest absolute Gasteiger partial charge is 0.496 e. The molecule has 1 amide bonds. The SMILES string of the molecule is COc1cc2ccccc2cc1C(=O)Nc1ccc(Cl)cc1[C@H](O)c1ccccc1. The molecule has 0 aromatic heterocycles. The number of amides is 1. The fourth-order valence-corrected chi connectivity index (χ4v) is 3.62. The molecule has 2 N–H and O–H groups in total. The Morgan fingerprint density at radius 3 is 2.30 bits per heavy atom. The molecule has 0 heterocycles. The molecule has 30 heavy (non-hydrogen) atoms. The van der Waals surface area contributed by atoms with Crippen LogP contribution < -0.4 is 10.1 Å². The second-order valence-electron chi connectivity index (χ2n) is 6.90. The number of nitrogens with one attached hydrogen (secondary N) is 1. The van der Waals surface area contributed by atoms with E-state index < -0.39 is 6.10 Å². The van der Waals surface area contributed by atoms with Gasteiger partial charge < -0.3 is 15.2 Å². The van der Waals surface area contributed by atoms with E-state index >= 15 is 0 Å². The first-order valence-corrected chi connectivity index (χ1v) is 9.85. The van der Waals surface area contributed by atoms with Crippen molar-refractivity contribution in [2.24, 2.45) is 0 Å². The summed E-state index contributed by atoms with van der Waals surface area (Å²) in [6, 6.07) is 25.6. The standard InChI is InChI=1S/C25H20ClNO3/c1-30-23-14-18-10-6-5-9-17(18)13-21(23)25(29)27-22-12-11-19(26)15-20(22)24(28)16-7-3-2-4-8-16/h2-15,24,28H,1H3,(H,27,29)/t24-/m1/s1. The first-order valence-electron chi connectivity index (χ1n) is 9.47. The van der Waals surface area contributed by atoms with Gasteiger partial charge >= 0.3 is 0 Å². The van der Waals surface area contributed by atoms with E-state index in [4.69, 9.17) is 16.3 Å². The van der Waals surface area contributed by atoms with Crippen molar-refractivity contribution in [2.75, 3.05) is 12.4 Å². The van der Waals surface area contributed by atoms with Gasteiger partial charge in [0.15, 0.2) is 0 Å². The fraction of sp³-hybridized carbons (Fsp3) is 0.0800. The van der Waals surface area contributed by atoms with Gasteiger partial charge in [-0.2, -0.15) is 0 Å². The van der Waals surface area contributed by atoms with Crippen molar-refractivity contribution in [2.45, 2.75) is 6.10 Å². The number of fused-ring (bicyclic) bond motifs is 1. The van der Waals surface area contributed by atoms with Crippen molar-refractivity contribution in [3.05, 3.63) is 107 Å². The molecule has 0 unspecified atom stereocenters. The molecule has 0 bridgehead atoms. The summed E-state index contributed by atoms with van der Waals surface area (Å²) in [4.78, 5) is 13.1. The van der Waals surface area contributed by atoms with Crippen molar-refractivity contribution in [3.63, 3.8) is 0 Å². The predicted octanol–water partition coefficient (Wildman–Crippen LogP) is 5.84. The number of methoxy groups -OCH3 is 1. The average Bonchev–Trinajstić information content (AvgIpc) is 2.79. The minimum absolute atomic E-state index is 0.332. The average molecular weight is 418 g/mol. The minimum Gasteiger partial charge on any atom is -0.496 e. The van der Waals surface area contributed by atoms with Gasteiger partial charge in [-0.25, -0.2) is 0 Å². The van der Waals surface area contributed by atoms with Crippen LogP contribution in [-0.4, -0.2) is 18.1 Å². The summed E-state index contributed by atoms with van der Waals surface area (Å²) in [5.41, 5.74) is 2.11. The third-order valence-electron chi connectivity index (χ3n) is 4.98. The Bertz CT molecular complexity index is 1210. The summed E-state index contributed by atoms with van der Waals surface area (Å²) in [5, 5.41) is 16.2. The maximum Gasteiger partial charge on any atom is 0.259 e. The molecule has 5 heteroatoms. The quantitative estimate of drug-likeness (QED) is 0.429. The number of aliphatic hydroxyl groups is 1. The zero-order valence-electron chi connectivity index (χ0n) is 16.3. The molecule has 150 valence electrons. The van der Waals surface area contributed by atoms with Gasteiger partial charge in [0.2, 0.25) is 0 Å². The van der Waals surface area contributed by atoms with E-state index in [0.717, 1.165) is 10.8 Å². The number of aliphatic hydroxyl groups excluding tert-OH is 1. The van der Waals surface area contributed by atoms with Gasteiger partial charge in [0.1, 0.15) is 11.9 Å². The third kappa shape index (κ3) is 4.01. The molecular weight excluding hydrogens is 398 g/mol. The molecule has 4 nitrogen and oxygen atoms in total. The Morgan fingerprint density at radius 2 is 1.60 bits per heavy atom. The van der Waals surface area contributed by atoms with Crippen LogP contribution in [0, 0.1) is 0 Å². The van der Waals surface area contributed by atoms with Gasteiger partial charge in [0.05, 0.1) is 12.7 Å². The Balaban J connectivity index is 1.71. The molecule has 0 radical (unpaired) electrons. The van der Waals surface area contributed by atoms with Gasteiger partial charge in [-0.1, -0.05) is 66.2 Å². The molecule has 4 aromatic carbocycles. The summed E-state index contributed by atoms with van der Waals surface area (Å²) < 4.78 is 5.45. The lowest BCUT2D eigenvalue weighted by atomic mass is 9.99. The Morgan fingerprint density at radius 1 is 0.933 bits per heavy atom. The number of halogens is 1. The number of rotatable bonds is 5. The second-order valence-corrected chi connectivity index (χ2v) is 7.33. The molecule has 4 aromatic rings. The summed E-state index contributed by atoms with van der Waals surface area (Å²) in [7, 11) is 1.54. The predicted molar refractivity (Wildman–Crippen MR) is 120 cm³/mol. The number of benzene rings is 4. The maximum absolute atomic E-state index is 13.1. The summed E-state index contributed by atoms with van der Waals surface area (Å²) >= 11 is 6.17. The van der Waals surface area contributed by atoms with Crippen LogP contribution in [0.15, 0.2) is 84.9 Å². The molecule has 0 saturated heterocycles. The van der Waals surface area contributed by atoms with Crippen molar-refractivity contribution in [1.29, 1.82) is 0 Å². The Kier molecular flexibility index (Phi) is 5.70. The van der Waals surface area contributed by atoms with Gasteiger partial charge in [-0.05, 0) is 46.7 Å². The lowest BCUT2D eigenvalue weighted by molar-refractivity contribution is 0.102. The van der Waals surface area contributed by atoms with Crippen molar-refractivity contribution in [3.8, 4) is 5.75 Å². The Labute approximate surface area is 179 Å². The Hall–Kier alpha value is -3.34. The molecule has 0 fully saturated rings. The minimum atomic E-state index is -0.932. The highest BCUT2D eigenvalue weighted by molar-refractivity contribution is 6.30. The number of hydrogen-bond acceptors (Lipinski definition) is 3. The second kappa shape index (κ2) is 8.57. The van der Waals surface area contributed by atoms with Crippen LogP contribution in [-0.2, 0) is 0 Å². The van der Waals surface area contributed by atoms with E-state index in [1.807, 2.05) is 60.7 Å². The topological polar surface area (TPSA) is 58.6 Å². The highest BCUT2D eigenvalue weighted by Crippen LogP contribution is 2.32. The fourth-order valence-electron chi connectivity index (χ4n) is 3.44. The third-order valence-corrected chi connectivity index (χ3v) is 5.22. The molecular formula is C25H20ClNO3. The van der Waals surface area contributed by atoms with E-state index in [9.17, 15) is 9.90 Å². The normalized spacial score (nSPS) is 11.8. The van der Waals surface area contributed by atoms with Crippen LogP contribution in [0.1, 0.15) is 27.6 Å². The molecule has 1 atom stereocenters. The number of carbonyl (C=O) groups is 1. The van der Waals surface area contributed by atoms with Crippen LogP contribution in [0.2, 0.25) is 5.02 Å². The van der Waals surface area contributed by atoms with Crippen LogP contribution in [0.3, 0.4) is 0 Å². The lowest BCUT2D eigenvalue weighted by Crippen LogP contribution is -2.16. The van der Waals surface area contributed by atoms with Crippen molar-refractivity contribution >= 4 is 34.0 Å².